The molecule has 2 fully saturated rings. The molecular weight excluding hydrogens is 336 g/mol. The van der Waals surface area contributed by atoms with Gasteiger partial charge in [0, 0.05) is 16.2 Å². The molecule has 1 aliphatic heterocycles. The lowest BCUT2D eigenvalue weighted by Gasteiger charge is -2.39. The summed E-state index contributed by atoms with van der Waals surface area (Å²) in [5, 5.41) is 2.91. The highest BCUT2D eigenvalue weighted by molar-refractivity contribution is 9.10. The summed E-state index contributed by atoms with van der Waals surface area (Å²) in [7, 11) is 1.58. The predicted octanol–water partition coefficient (Wildman–Crippen LogP) is 2.23. The quantitative estimate of drug-likeness (QED) is 0.887. The highest BCUT2D eigenvalue weighted by Crippen LogP contribution is 2.36. The third-order valence-corrected chi connectivity index (χ3v) is 4.65. The number of piperazine rings is 1. The zero-order valence-electron chi connectivity index (χ0n) is 11.8. The first-order valence-corrected chi connectivity index (χ1v) is 7.81. The maximum Gasteiger partial charge on any atom is 0.253 e. The molecule has 1 saturated heterocycles. The molecule has 1 aromatic carbocycles. The highest BCUT2D eigenvalue weighted by Gasteiger charge is 2.48. The molecule has 1 N–H and O–H groups in total. The average molecular weight is 353 g/mol. The molecule has 3 rings (SSSR count). The van der Waals surface area contributed by atoms with Gasteiger partial charge in [0.05, 0.1) is 7.11 Å². The van der Waals surface area contributed by atoms with Crippen LogP contribution in [0.4, 0.5) is 5.69 Å². The number of carbonyl (C=O) groups excluding carboxylic acids is 2. The molecule has 6 heteroatoms. The fourth-order valence-electron chi connectivity index (χ4n) is 3.18. The number of carbonyl (C=O) groups is 2. The predicted molar refractivity (Wildman–Crippen MR) is 82.4 cm³/mol. The zero-order chi connectivity index (χ0) is 15.0. The number of benzene rings is 1. The van der Waals surface area contributed by atoms with E-state index >= 15 is 0 Å². The summed E-state index contributed by atoms with van der Waals surface area (Å²) in [6.45, 7) is 0.0557. The van der Waals surface area contributed by atoms with Gasteiger partial charge in [0.2, 0.25) is 5.91 Å². The molecule has 1 spiro atoms. The molecule has 0 bridgehead atoms. The van der Waals surface area contributed by atoms with Crippen LogP contribution in [0.15, 0.2) is 22.7 Å². The Balaban J connectivity index is 1.99. The van der Waals surface area contributed by atoms with Crippen LogP contribution in [-0.4, -0.2) is 31.0 Å². The van der Waals surface area contributed by atoms with E-state index < -0.39 is 5.54 Å². The molecule has 0 aromatic heterocycles. The van der Waals surface area contributed by atoms with E-state index in [0.717, 1.165) is 30.2 Å². The van der Waals surface area contributed by atoms with Crippen molar-refractivity contribution in [3.63, 3.8) is 0 Å². The number of nitrogens with one attached hydrogen (secondary N) is 1. The van der Waals surface area contributed by atoms with Gasteiger partial charge in [0.25, 0.3) is 5.91 Å². The Morgan fingerprint density at radius 3 is 2.62 bits per heavy atom. The van der Waals surface area contributed by atoms with Gasteiger partial charge in [0.15, 0.2) is 0 Å². The first kappa shape index (κ1) is 14.4. The Kier molecular flexibility index (Phi) is 3.65. The third kappa shape index (κ3) is 2.52. The van der Waals surface area contributed by atoms with Gasteiger partial charge in [0.1, 0.15) is 17.8 Å². The SMILES string of the molecule is COc1cc(Br)cc(N2CC(=O)NC3(CCCC3)C2=O)c1. The lowest BCUT2D eigenvalue weighted by molar-refractivity contribution is -0.135. The summed E-state index contributed by atoms with van der Waals surface area (Å²) in [5.41, 5.74) is -0.0161. The molecule has 21 heavy (non-hydrogen) atoms. The Labute approximate surface area is 131 Å². The molecule has 2 aliphatic rings. The van der Waals surface area contributed by atoms with Gasteiger partial charge in [-0.05, 0) is 25.0 Å². The fraction of sp³-hybridized carbons (Fsp3) is 0.467. The first-order valence-electron chi connectivity index (χ1n) is 7.02. The Morgan fingerprint density at radius 1 is 1.24 bits per heavy atom. The second-order valence-electron chi connectivity index (χ2n) is 5.58. The second kappa shape index (κ2) is 5.33. The fourth-order valence-corrected chi connectivity index (χ4v) is 3.64. The minimum Gasteiger partial charge on any atom is -0.497 e. The molecule has 5 nitrogen and oxygen atoms in total. The molecule has 1 saturated carbocycles. The molecule has 1 aromatic rings. The van der Waals surface area contributed by atoms with E-state index in [1.807, 2.05) is 12.1 Å². The summed E-state index contributed by atoms with van der Waals surface area (Å²) < 4.78 is 6.05. The van der Waals surface area contributed by atoms with Crippen molar-refractivity contribution < 1.29 is 14.3 Å². The Hall–Kier alpha value is -1.56. The van der Waals surface area contributed by atoms with Gasteiger partial charge in [-0.3, -0.25) is 9.59 Å². The molecular formula is C15H17BrN2O3. The van der Waals surface area contributed by atoms with Crippen LogP contribution in [-0.2, 0) is 9.59 Å². The number of amides is 2. The standard InChI is InChI=1S/C15H17BrN2O3/c1-21-12-7-10(16)6-11(8-12)18-9-13(19)17-15(14(18)20)4-2-3-5-15/h6-8H,2-5,9H2,1H3,(H,17,19). The summed E-state index contributed by atoms with van der Waals surface area (Å²) in [5.74, 6) is 0.536. The van der Waals surface area contributed by atoms with E-state index in [9.17, 15) is 9.59 Å². The van der Waals surface area contributed by atoms with Crippen molar-refractivity contribution in [3.05, 3.63) is 22.7 Å². The Morgan fingerprint density at radius 2 is 1.95 bits per heavy atom. The van der Waals surface area contributed by atoms with Gasteiger partial charge in [-0.15, -0.1) is 0 Å². The highest BCUT2D eigenvalue weighted by atomic mass is 79.9. The minimum absolute atomic E-state index is 0.0141. The van der Waals surface area contributed by atoms with Crippen LogP contribution in [0.2, 0.25) is 0 Å². The van der Waals surface area contributed by atoms with Crippen LogP contribution in [0.1, 0.15) is 25.7 Å². The Bertz CT molecular complexity index is 597. The third-order valence-electron chi connectivity index (χ3n) is 4.20. The number of anilines is 1. The first-order chi connectivity index (χ1) is 10.0. The summed E-state index contributed by atoms with van der Waals surface area (Å²) in [4.78, 5) is 26.5. The normalized spacial score (nSPS) is 20.8. The molecule has 1 heterocycles. The van der Waals surface area contributed by atoms with Crippen LogP contribution in [0.3, 0.4) is 0 Å². The maximum absolute atomic E-state index is 12.9. The minimum atomic E-state index is -0.703. The smallest absolute Gasteiger partial charge is 0.253 e. The molecule has 0 radical (unpaired) electrons. The number of halogens is 1. The zero-order valence-corrected chi connectivity index (χ0v) is 13.4. The van der Waals surface area contributed by atoms with E-state index in [1.54, 1.807) is 18.1 Å². The second-order valence-corrected chi connectivity index (χ2v) is 6.49. The summed E-state index contributed by atoms with van der Waals surface area (Å²) in [6, 6.07) is 5.44. The van der Waals surface area contributed by atoms with Crippen LogP contribution < -0.4 is 15.0 Å². The van der Waals surface area contributed by atoms with Gasteiger partial charge in [-0.1, -0.05) is 28.8 Å². The lowest BCUT2D eigenvalue weighted by atomic mass is 9.92. The van der Waals surface area contributed by atoms with E-state index in [1.165, 1.54) is 0 Å². The van der Waals surface area contributed by atoms with Crippen molar-refractivity contribution in [2.75, 3.05) is 18.6 Å². The number of hydrogen-bond donors (Lipinski definition) is 1. The molecule has 1 aliphatic carbocycles. The van der Waals surface area contributed by atoms with Crippen molar-refractivity contribution in [2.24, 2.45) is 0 Å². The number of methoxy groups -OCH3 is 1. The monoisotopic (exact) mass is 352 g/mol. The molecule has 112 valence electrons. The topological polar surface area (TPSA) is 58.6 Å². The number of ether oxygens (including phenoxy) is 1. The largest absolute Gasteiger partial charge is 0.497 e. The van der Waals surface area contributed by atoms with Crippen molar-refractivity contribution >= 4 is 33.4 Å². The number of nitrogens with zero attached hydrogens (tertiary/aromatic N) is 1. The van der Waals surface area contributed by atoms with Crippen LogP contribution in [0.5, 0.6) is 5.75 Å². The molecule has 2 amide bonds. The lowest BCUT2D eigenvalue weighted by Crippen LogP contribution is -2.65. The van der Waals surface area contributed by atoms with Crippen LogP contribution in [0.25, 0.3) is 0 Å². The summed E-state index contributed by atoms with van der Waals surface area (Å²) >= 11 is 3.41. The van der Waals surface area contributed by atoms with Crippen molar-refractivity contribution in [2.45, 2.75) is 31.2 Å². The maximum atomic E-state index is 12.9. The average Bonchev–Trinajstić information content (AvgIpc) is 2.91. The van der Waals surface area contributed by atoms with E-state index in [-0.39, 0.29) is 18.4 Å². The summed E-state index contributed by atoms with van der Waals surface area (Å²) in [6.07, 6.45) is 3.39. The molecule has 0 atom stereocenters. The van der Waals surface area contributed by atoms with Crippen molar-refractivity contribution in [1.82, 2.24) is 5.32 Å². The number of hydrogen-bond acceptors (Lipinski definition) is 3. The number of rotatable bonds is 2. The van der Waals surface area contributed by atoms with E-state index in [0.29, 0.717) is 11.4 Å². The van der Waals surface area contributed by atoms with Gasteiger partial charge in [-0.2, -0.15) is 0 Å². The van der Waals surface area contributed by atoms with Gasteiger partial charge in [-0.25, -0.2) is 0 Å². The van der Waals surface area contributed by atoms with Gasteiger partial charge >= 0.3 is 0 Å². The van der Waals surface area contributed by atoms with E-state index in [2.05, 4.69) is 21.2 Å². The van der Waals surface area contributed by atoms with Crippen LogP contribution in [0, 0.1) is 0 Å². The van der Waals surface area contributed by atoms with Crippen LogP contribution >= 0.6 is 15.9 Å². The van der Waals surface area contributed by atoms with Crippen molar-refractivity contribution in [1.29, 1.82) is 0 Å². The van der Waals surface area contributed by atoms with E-state index in [4.69, 9.17) is 4.74 Å². The van der Waals surface area contributed by atoms with Crippen molar-refractivity contribution in [3.8, 4) is 5.75 Å². The van der Waals surface area contributed by atoms with Gasteiger partial charge < -0.3 is 15.0 Å². The molecule has 0 unspecified atom stereocenters.